The molecule has 0 N–H and O–H groups in total. The molecule has 29 heavy (non-hydrogen) atoms. The molecule has 11 heteroatoms. The average Bonchev–Trinajstić information content (AvgIpc) is 2.67. The SMILES string of the molecule is COc1cc(/C=C/C(=O)OCCCCO[N+](=O)[O-])ccc1OC(=O)OCC(C)=O. The molecule has 1 aromatic carbocycles. The Balaban J connectivity index is 2.51. The number of carbonyl (C=O) groups is 3. The summed E-state index contributed by atoms with van der Waals surface area (Å²) in [4.78, 5) is 48.1. The van der Waals surface area contributed by atoms with Crippen molar-refractivity contribution in [3.8, 4) is 11.5 Å². The van der Waals surface area contributed by atoms with Crippen LogP contribution in [0.5, 0.6) is 11.5 Å². The lowest BCUT2D eigenvalue weighted by Crippen LogP contribution is -2.15. The molecule has 1 aromatic rings. The quantitative estimate of drug-likeness (QED) is 0.126. The van der Waals surface area contributed by atoms with Gasteiger partial charge in [0.25, 0.3) is 5.09 Å². The largest absolute Gasteiger partial charge is 0.514 e. The highest BCUT2D eigenvalue weighted by molar-refractivity contribution is 5.87. The van der Waals surface area contributed by atoms with Crippen molar-refractivity contribution in [3.63, 3.8) is 0 Å². The van der Waals surface area contributed by atoms with Gasteiger partial charge in [0.05, 0.1) is 20.3 Å². The Hall–Kier alpha value is -3.63. The van der Waals surface area contributed by atoms with Gasteiger partial charge in [0.15, 0.2) is 23.9 Å². The smallest absolute Gasteiger partial charge is 0.493 e. The second-order valence-electron chi connectivity index (χ2n) is 5.52. The fraction of sp³-hybridized carbons (Fsp3) is 0.389. The van der Waals surface area contributed by atoms with Gasteiger partial charge >= 0.3 is 12.1 Å². The lowest BCUT2D eigenvalue weighted by atomic mass is 10.2. The van der Waals surface area contributed by atoms with Crippen LogP contribution in [0, 0.1) is 10.1 Å². The molecule has 0 aromatic heterocycles. The molecule has 0 saturated carbocycles. The van der Waals surface area contributed by atoms with Gasteiger partial charge in [-0.05, 0) is 43.5 Å². The van der Waals surface area contributed by atoms with Crippen molar-refractivity contribution in [1.29, 1.82) is 0 Å². The topological polar surface area (TPSA) is 141 Å². The molecule has 158 valence electrons. The molecule has 0 aliphatic heterocycles. The van der Waals surface area contributed by atoms with Gasteiger partial charge in [-0.3, -0.25) is 4.79 Å². The van der Waals surface area contributed by atoms with Crippen LogP contribution in [-0.2, 0) is 23.9 Å². The monoisotopic (exact) mass is 411 g/mol. The molecule has 0 unspecified atom stereocenters. The van der Waals surface area contributed by atoms with Gasteiger partial charge in [-0.25, -0.2) is 9.59 Å². The highest BCUT2D eigenvalue weighted by Crippen LogP contribution is 2.29. The van der Waals surface area contributed by atoms with E-state index in [-0.39, 0.29) is 30.5 Å². The van der Waals surface area contributed by atoms with Crippen LogP contribution in [-0.4, -0.2) is 49.9 Å². The van der Waals surface area contributed by atoms with Gasteiger partial charge in [-0.1, -0.05) is 6.07 Å². The Bertz CT molecular complexity index is 759. The van der Waals surface area contributed by atoms with Crippen LogP contribution in [0.2, 0.25) is 0 Å². The molecule has 0 saturated heterocycles. The standard InChI is InChI=1S/C18H21NO10/c1-13(20)12-27-18(22)29-15-7-5-14(11-16(15)25-2)6-8-17(21)26-9-3-4-10-28-19(23)24/h5-8,11H,3-4,9-10,12H2,1-2H3/b8-6+. The molecule has 11 nitrogen and oxygen atoms in total. The molecule has 0 aliphatic carbocycles. The summed E-state index contributed by atoms with van der Waals surface area (Å²) in [5, 5.41) is 9.09. The number of benzene rings is 1. The van der Waals surface area contributed by atoms with E-state index >= 15 is 0 Å². The fourth-order valence-corrected chi connectivity index (χ4v) is 1.88. The molecule has 0 spiro atoms. The van der Waals surface area contributed by atoms with E-state index < -0.39 is 23.8 Å². The van der Waals surface area contributed by atoms with Gasteiger partial charge in [0.2, 0.25) is 0 Å². The molecule has 0 atom stereocenters. The van der Waals surface area contributed by atoms with Crippen LogP contribution in [0.4, 0.5) is 4.79 Å². The van der Waals surface area contributed by atoms with E-state index in [2.05, 4.69) is 9.57 Å². The summed E-state index contributed by atoms with van der Waals surface area (Å²) in [7, 11) is 1.37. The molecular formula is C18H21NO10. The number of carbonyl (C=O) groups excluding carboxylic acids is 3. The lowest BCUT2D eigenvalue weighted by molar-refractivity contribution is -0.757. The highest BCUT2D eigenvalue weighted by atomic mass is 16.9. The van der Waals surface area contributed by atoms with Crippen LogP contribution >= 0.6 is 0 Å². The minimum atomic E-state index is -1.05. The zero-order chi connectivity index (χ0) is 21.6. The molecule has 0 bridgehead atoms. The maximum absolute atomic E-state index is 11.7. The first-order valence-corrected chi connectivity index (χ1v) is 8.46. The van der Waals surface area contributed by atoms with Crippen molar-refractivity contribution >= 4 is 24.0 Å². The Morgan fingerprint density at radius 2 is 1.83 bits per heavy atom. The first kappa shape index (κ1) is 23.4. The number of ketones is 1. The van der Waals surface area contributed by atoms with Crippen molar-refractivity contribution < 1.29 is 43.3 Å². The number of ether oxygens (including phenoxy) is 4. The van der Waals surface area contributed by atoms with E-state index in [4.69, 9.17) is 14.2 Å². The molecule has 0 fully saturated rings. The number of esters is 1. The number of hydrogen-bond acceptors (Lipinski definition) is 10. The zero-order valence-corrected chi connectivity index (χ0v) is 16.0. The van der Waals surface area contributed by atoms with Gasteiger partial charge < -0.3 is 23.8 Å². The number of unbranched alkanes of at least 4 members (excludes halogenated alkanes) is 1. The van der Waals surface area contributed by atoms with Crippen LogP contribution in [0.3, 0.4) is 0 Å². The van der Waals surface area contributed by atoms with Gasteiger partial charge in [0.1, 0.15) is 0 Å². The minimum absolute atomic E-state index is 0.0586. The number of Topliss-reactive ketones (excluding diaryl/α,β-unsaturated/α-hetero) is 1. The Morgan fingerprint density at radius 1 is 1.10 bits per heavy atom. The van der Waals surface area contributed by atoms with E-state index in [1.165, 1.54) is 38.3 Å². The first-order chi connectivity index (χ1) is 13.8. The third-order valence-electron chi connectivity index (χ3n) is 3.17. The van der Waals surface area contributed by atoms with E-state index in [1.54, 1.807) is 6.07 Å². The molecule has 0 amide bonds. The van der Waals surface area contributed by atoms with Crippen molar-refractivity contribution in [2.24, 2.45) is 0 Å². The molecule has 1 rings (SSSR count). The Kier molecular flexibility index (Phi) is 10.3. The Morgan fingerprint density at radius 3 is 2.48 bits per heavy atom. The van der Waals surface area contributed by atoms with E-state index in [0.717, 1.165) is 0 Å². The van der Waals surface area contributed by atoms with Crippen LogP contribution in [0.25, 0.3) is 6.08 Å². The summed E-state index contributed by atoms with van der Waals surface area (Å²) in [6.45, 7) is 0.914. The van der Waals surface area contributed by atoms with Crippen molar-refractivity contribution in [3.05, 3.63) is 40.0 Å². The average molecular weight is 411 g/mol. The second-order valence-corrected chi connectivity index (χ2v) is 5.52. The maximum atomic E-state index is 11.7. The maximum Gasteiger partial charge on any atom is 0.514 e. The molecule has 0 radical (unpaired) electrons. The van der Waals surface area contributed by atoms with E-state index in [9.17, 15) is 24.5 Å². The van der Waals surface area contributed by atoms with E-state index in [1.807, 2.05) is 0 Å². The van der Waals surface area contributed by atoms with Crippen LogP contribution in [0.1, 0.15) is 25.3 Å². The predicted octanol–water partition coefficient (Wildman–Crippen LogP) is 2.34. The lowest BCUT2D eigenvalue weighted by Gasteiger charge is -2.09. The number of nitrogens with zero attached hydrogens (tertiary/aromatic N) is 1. The molecule has 0 aliphatic rings. The highest BCUT2D eigenvalue weighted by Gasteiger charge is 2.12. The van der Waals surface area contributed by atoms with Crippen molar-refractivity contribution in [2.75, 3.05) is 26.9 Å². The summed E-state index contributed by atoms with van der Waals surface area (Å²) in [5.41, 5.74) is 0.572. The summed E-state index contributed by atoms with van der Waals surface area (Å²) in [6, 6.07) is 4.52. The van der Waals surface area contributed by atoms with Crippen molar-refractivity contribution in [1.82, 2.24) is 0 Å². The zero-order valence-electron chi connectivity index (χ0n) is 16.0. The number of methoxy groups -OCH3 is 1. The number of hydrogen-bond donors (Lipinski definition) is 0. The first-order valence-electron chi connectivity index (χ1n) is 8.46. The van der Waals surface area contributed by atoms with Crippen LogP contribution in [0.15, 0.2) is 24.3 Å². The Labute approximate surface area is 166 Å². The summed E-state index contributed by atoms with van der Waals surface area (Å²) in [6.07, 6.45) is 2.43. The summed E-state index contributed by atoms with van der Waals surface area (Å²) < 4.78 is 19.7. The predicted molar refractivity (Wildman–Crippen MR) is 97.8 cm³/mol. The van der Waals surface area contributed by atoms with Crippen molar-refractivity contribution in [2.45, 2.75) is 19.8 Å². The number of rotatable bonds is 12. The molecular weight excluding hydrogens is 390 g/mol. The second kappa shape index (κ2) is 12.7. The summed E-state index contributed by atoms with van der Waals surface area (Å²) >= 11 is 0. The van der Waals surface area contributed by atoms with Crippen LogP contribution < -0.4 is 9.47 Å². The summed E-state index contributed by atoms with van der Waals surface area (Å²) in [5.74, 6) is -0.623. The fourth-order valence-electron chi connectivity index (χ4n) is 1.88. The molecule has 0 heterocycles. The van der Waals surface area contributed by atoms with Gasteiger partial charge in [-0.2, -0.15) is 0 Å². The van der Waals surface area contributed by atoms with Gasteiger partial charge in [-0.15, -0.1) is 10.1 Å². The third-order valence-corrected chi connectivity index (χ3v) is 3.17. The van der Waals surface area contributed by atoms with Gasteiger partial charge in [0, 0.05) is 6.08 Å². The van der Waals surface area contributed by atoms with E-state index in [0.29, 0.717) is 18.4 Å². The third kappa shape index (κ3) is 10.3. The normalized spacial score (nSPS) is 10.3. The minimum Gasteiger partial charge on any atom is -0.493 e.